The molecule has 2 atom stereocenters. The van der Waals surface area contributed by atoms with Gasteiger partial charge in [-0.05, 0) is 61.4 Å². The molecule has 0 spiro atoms. The molecular formula is C15H22ClN. The third-order valence-electron chi connectivity index (χ3n) is 3.67. The molecule has 1 aromatic rings. The molecule has 2 unspecified atom stereocenters. The lowest BCUT2D eigenvalue weighted by atomic mass is 9.70. The van der Waals surface area contributed by atoms with E-state index < -0.39 is 0 Å². The number of nitrogens with one attached hydrogen (secondary N) is 1. The molecule has 0 aromatic heterocycles. The molecule has 1 aliphatic rings. The number of halogens is 1. The zero-order valence-electron chi connectivity index (χ0n) is 10.7. The Morgan fingerprint density at radius 3 is 2.47 bits per heavy atom. The van der Waals surface area contributed by atoms with Gasteiger partial charge < -0.3 is 5.32 Å². The van der Waals surface area contributed by atoms with Crippen LogP contribution in [0.4, 0.5) is 0 Å². The number of benzene rings is 1. The first-order chi connectivity index (χ1) is 8.16. The van der Waals surface area contributed by atoms with E-state index in [9.17, 15) is 0 Å². The molecule has 1 aliphatic carbocycles. The van der Waals surface area contributed by atoms with Gasteiger partial charge in [0.05, 0.1) is 0 Å². The predicted octanol–water partition coefficient (Wildman–Crippen LogP) is 4.08. The molecule has 0 radical (unpaired) electrons. The average molecular weight is 252 g/mol. The van der Waals surface area contributed by atoms with Crippen LogP contribution in [0, 0.1) is 11.8 Å². The van der Waals surface area contributed by atoms with Gasteiger partial charge >= 0.3 is 0 Å². The quantitative estimate of drug-likeness (QED) is 0.832. The van der Waals surface area contributed by atoms with Crippen molar-refractivity contribution in [2.24, 2.45) is 11.8 Å². The third-order valence-corrected chi connectivity index (χ3v) is 3.93. The van der Waals surface area contributed by atoms with Crippen LogP contribution in [0.1, 0.15) is 38.2 Å². The molecule has 94 valence electrons. The maximum Gasteiger partial charge on any atom is 0.0406 e. The summed E-state index contributed by atoms with van der Waals surface area (Å²) in [4.78, 5) is 0. The van der Waals surface area contributed by atoms with Crippen LogP contribution >= 0.6 is 11.6 Å². The lowest BCUT2D eigenvalue weighted by Crippen LogP contribution is -2.35. The zero-order chi connectivity index (χ0) is 12.3. The molecular weight excluding hydrogens is 230 g/mol. The molecule has 1 nitrogen and oxygen atoms in total. The van der Waals surface area contributed by atoms with Crippen molar-refractivity contribution in [2.75, 3.05) is 13.1 Å². The van der Waals surface area contributed by atoms with Crippen molar-refractivity contribution in [1.29, 1.82) is 0 Å². The zero-order valence-corrected chi connectivity index (χ0v) is 11.5. The highest BCUT2D eigenvalue weighted by Gasteiger charge is 2.31. The average Bonchev–Trinajstić information content (AvgIpc) is 2.25. The van der Waals surface area contributed by atoms with Crippen molar-refractivity contribution < 1.29 is 0 Å². The van der Waals surface area contributed by atoms with Gasteiger partial charge in [-0.15, -0.1) is 0 Å². The van der Waals surface area contributed by atoms with Gasteiger partial charge in [0.1, 0.15) is 0 Å². The highest BCUT2D eigenvalue weighted by Crippen LogP contribution is 2.42. The fourth-order valence-electron chi connectivity index (χ4n) is 2.52. The lowest BCUT2D eigenvalue weighted by molar-refractivity contribution is 0.243. The van der Waals surface area contributed by atoms with E-state index in [1.54, 1.807) is 0 Å². The van der Waals surface area contributed by atoms with Gasteiger partial charge in [-0.2, -0.15) is 0 Å². The van der Waals surface area contributed by atoms with E-state index in [0.717, 1.165) is 35.9 Å². The Balaban J connectivity index is 1.84. The third kappa shape index (κ3) is 3.46. The standard InChI is InChI=1S/C15H22ClN/c1-11(2)9-17-10-13-5-8-15(13)12-3-6-14(16)7-4-12/h3-4,6-7,11,13,15,17H,5,8-10H2,1-2H3. The van der Waals surface area contributed by atoms with Crippen LogP contribution in [-0.4, -0.2) is 13.1 Å². The molecule has 0 saturated heterocycles. The summed E-state index contributed by atoms with van der Waals surface area (Å²) in [6, 6.07) is 8.38. The van der Waals surface area contributed by atoms with Crippen molar-refractivity contribution in [3.8, 4) is 0 Å². The molecule has 2 heteroatoms. The summed E-state index contributed by atoms with van der Waals surface area (Å²) in [6.07, 6.45) is 2.69. The SMILES string of the molecule is CC(C)CNCC1CCC1c1ccc(Cl)cc1. The van der Waals surface area contributed by atoms with Crippen LogP contribution < -0.4 is 5.32 Å². The van der Waals surface area contributed by atoms with Crippen LogP contribution in [0.3, 0.4) is 0 Å². The molecule has 0 bridgehead atoms. The monoisotopic (exact) mass is 251 g/mol. The summed E-state index contributed by atoms with van der Waals surface area (Å²) in [7, 11) is 0. The van der Waals surface area contributed by atoms with Gasteiger partial charge in [0.25, 0.3) is 0 Å². The fourth-order valence-corrected chi connectivity index (χ4v) is 2.65. The van der Waals surface area contributed by atoms with Gasteiger partial charge in [-0.25, -0.2) is 0 Å². The molecule has 0 amide bonds. The maximum absolute atomic E-state index is 5.92. The molecule has 1 N–H and O–H groups in total. The first-order valence-corrected chi connectivity index (χ1v) is 7.01. The van der Waals surface area contributed by atoms with Gasteiger partial charge in [0, 0.05) is 5.02 Å². The van der Waals surface area contributed by atoms with Crippen molar-refractivity contribution in [1.82, 2.24) is 5.32 Å². The smallest absolute Gasteiger partial charge is 0.0406 e. The van der Waals surface area contributed by atoms with Crippen LogP contribution in [0.25, 0.3) is 0 Å². The Morgan fingerprint density at radius 1 is 1.24 bits per heavy atom. The summed E-state index contributed by atoms with van der Waals surface area (Å²) in [6.45, 7) is 6.80. The van der Waals surface area contributed by atoms with E-state index in [0.29, 0.717) is 0 Å². The van der Waals surface area contributed by atoms with Gasteiger partial charge in [0.2, 0.25) is 0 Å². The number of rotatable bonds is 5. The van der Waals surface area contributed by atoms with Gasteiger partial charge in [-0.1, -0.05) is 37.6 Å². The minimum Gasteiger partial charge on any atom is -0.316 e. The molecule has 2 rings (SSSR count). The van der Waals surface area contributed by atoms with E-state index in [2.05, 4.69) is 31.3 Å². The van der Waals surface area contributed by atoms with Crippen LogP contribution in [0.2, 0.25) is 5.02 Å². The number of hydrogen-bond acceptors (Lipinski definition) is 1. The van der Waals surface area contributed by atoms with Crippen LogP contribution in [0.5, 0.6) is 0 Å². The van der Waals surface area contributed by atoms with Gasteiger partial charge in [0.15, 0.2) is 0 Å². The molecule has 1 fully saturated rings. The molecule has 0 aliphatic heterocycles. The molecule has 1 saturated carbocycles. The first kappa shape index (κ1) is 12.9. The van der Waals surface area contributed by atoms with E-state index in [1.807, 2.05) is 12.1 Å². The van der Waals surface area contributed by atoms with Crippen molar-refractivity contribution in [3.05, 3.63) is 34.9 Å². The first-order valence-electron chi connectivity index (χ1n) is 6.63. The summed E-state index contributed by atoms with van der Waals surface area (Å²) in [5.74, 6) is 2.30. The second-order valence-electron chi connectivity index (χ2n) is 5.55. The van der Waals surface area contributed by atoms with Gasteiger partial charge in [-0.3, -0.25) is 0 Å². The van der Waals surface area contributed by atoms with E-state index in [4.69, 9.17) is 11.6 Å². The summed E-state index contributed by atoms with van der Waals surface area (Å²) in [5.41, 5.74) is 1.46. The topological polar surface area (TPSA) is 12.0 Å². The second kappa shape index (κ2) is 5.88. The Bertz CT molecular complexity index is 344. The highest BCUT2D eigenvalue weighted by atomic mass is 35.5. The fraction of sp³-hybridized carbons (Fsp3) is 0.600. The summed E-state index contributed by atoms with van der Waals surface area (Å²) in [5, 5.41) is 4.41. The lowest BCUT2D eigenvalue weighted by Gasteiger charge is -2.37. The Hall–Kier alpha value is -0.530. The number of hydrogen-bond donors (Lipinski definition) is 1. The highest BCUT2D eigenvalue weighted by molar-refractivity contribution is 6.30. The van der Waals surface area contributed by atoms with E-state index in [-0.39, 0.29) is 0 Å². The Kier molecular flexibility index (Phi) is 4.47. The van der Waals surface area contributed by atoms with Crippen LogP contribution in [-0.2, 0) is 0 Å². The van der Waals surface area contributed by atoms with Crippen molar-refractivity contribution >= 4 is 11.6 Å². The van der Waals surface area contributed by atoms with Crippen molar-refractivity contribution in [2.45, 2.75) is 32.6 Å². The molecule has 0 heterocycles. The van der Waals surface area contributed by atoms with E-state index in [1.165, 1.54) is 18.4 Å². The largest absolute Gasteiger partial charge is 0.316 e. The predicted molar refractivity (Wildman–Crippen MR) is 74.6 cm³/mol. The van der Waals surface area contributed by atoms with E-state index >= 15 is 0 Å². The Morgan fingerprint density at radius 2 is 1.94 bits per heavy atom. The molecule has 1 aromatic carbocycles. The second-order valence-corrected chi connectivity index (χ2v) is 5.98. The van der Waals surface area contributed by atoms with Crippen molar-refractivity contribution in [3.63, 3.8) is 0 Å². The summed E-state index contributed by atoms with van der Waals surface area (Å²) < 4.78 is 0. The van der Waals surface area contributed by atoms with Crippen LogP contribution in [0.15, 0.2) is 24.3 Å². The summed E-state index contributed by atoms with van der Waals surface area (Å²) >= 11 is 5.92. The minimum absolute atomic E-state index is 0.740. The minimum atomic E-state index is 0.740. The molecule has 17 heavy (non-hydrogen) atoms. The Labute approximate surface area is 110 Å². The normalized spacial score (nSPS) is 23.8. The maximum atomic E-state index is 5.92.